The van der Waals surface area contributed by atoms with Crippen LogP contribution in [0.25, 0.3) is 0 Å². The predicted octanol–water partition coefficient (Wildman–Crippen LogP) is 2.65. The Morgan fingerprint density at radius 3 is 2.83 bits per heavy atom. The molecule has 1 aromatic heterocycles. The monoisotopic (exact) mass is 476 g/mol. The number of nitrogens with zero attached hydrogens (tertiary/aromatic N) is 3. The maximum atomic E-state index is 13.2. The number of nitrogens with one attached hydrogen (secondary N) is 1. The minimum atomic E-state index is -0.857. The Kier molecular flexibility index (Phi) is 6.67. The third-order valence-corrected chi connectivity index (χ3v) is 6.24. The second kappa shape index (κ2) is 10.2. The molecule has 0 aliphatic carbocycles. The number of likely N-dealkylation sites (N-methyl/N-ethyl adjacent to an activating group) is 1. The van der Waals surface area contributed by atoms with Gasteiger partial charge in [-0.15, -0.1) is 0 Å². The quantitative estimate of drug-likeness (QED) is 0.605. The summed E-state index contributed by atoms with van der Waals surface area (Å²) >= 11 is 0. The molecule has 3 heterocycles. The van der Waals surface area contributed by atoms with E-state index in [1.807, 2.05) is 48.5 Å². The van der Waals surface area contributed by atoms with Crippen molar-refractivity contribution in [3.63, 3.8) is 0 Å². The smallest absolute Gasteiger partial charge is 0.274 e. The zero-order chi connectivity index (χ0) is 24.2. The van der Waals surface area contributed by atoms with Crippen molar-refractivity contribution in [1.29, 1.82) is 0 Å². The predicted molar refractivity (Wildman–Crippen MR) is 130 cm³/mol. The van der Waals surface area contributed by atoms with Crippen LogP contribution in [0.1, 0.15) is 28.2 Å². The van der Waals surface area contributed by atoms with E-state index >= 15 is 0 Å². The standard InChI is InChI=1S/C26H28N4O5/c1-29-23-15-19(30-10-5-12-33-13-11-30)8-9-24(23)34-17-22(26(29)32)27-25(31)21-16-20(35-28-21)14-18-6-3-2-4-7-18/h2-4,6-9,15-16,22H,5,10-14,17H2,1H3,(H,27,31). The van der Waals surface area contributed by atoms with Gasteiger partial charge in [-0.2, -0.15) is 0 Å². The summed E-state index contributed by atoms with van der Waals surface area (Å²) in [6.45, 7) is 3.13. The SMILES string of the molecule is CN1C(=O)C(NC(=O)c2cc(Cc3ccccc3)on2)COc2ccc(N3CCCOCC3)cc21. The zero-order valence-corrected chi connectivity index (χ0v) is 19.6. The van der Waals surface area contributed by atoms with Gasteiger partial charge in [-0.3, -0.25) is 9.59 Å². The van der Waals surface area contributed by atoms with Gasteiger partial charge in [0.05, 0.1) is 12.3 Å². The van der Waals surface area contributed by atoms with E-state index in [1.54, 1.807) is 13.1 Å². The van der Waals surface area contributed by atoms with Crippen molar-refractivity contribution >= 4 is 23.2 Å². The van der Waals surface area contributed by atoms with Gasteiger partial charge in [0, 0.05) is 44.9 Å². The summed E-state index contributed by atoms with van der Waals surface area (Å²) in [5, 5.41) is 6.64. The second-order valence-electron chi connectivity index (χ2n) is 8.68. The van der Waals surface area contributed by atoms with Crippen molar-refractivity contribution < 1.29 is 23.6 Å². The van der Waals surface area contributed by atoms with E-state index in [0.29, 0.717) is 30.2 Å². The normalized spacial score (nSPS) is 18.3. The van der Waals surface area contributed by atoms with Gasteiger partial charge in [0.15, 0.2) is 5.69 Å². The molecule has 5 rings (SSSR count). The van der Waals surface area contributed by atoms with Crippen LogP contribution in [0.2, 0.25) is 0 Å². The topological polar surface area (TPSA) is 97.1 Å². The molecule has 0 radical (unpaired) electrons. The van der Waals surface area contributed by atoms with Crippen LogP contribution < -0.4 is 19.9 Å². The summed E-state index contributed by atoms with van der Waals surface area (Å²) in [7, 11) is 1.69. The van der Waals surface area contributed by atoms with Crippen LogP contribution in [-0.2, 0) is 16.0 Å². The van der Waals surface area contributed by atoms with Gasteiger partial charge in [-0.25, -0.2) is 0 Å². The first-order valence-corrected chi connectivity index (χ1v) is 11.8. The number of fused-ring (bicyclic) bond motifs is 1. The van der Waals surface area contributed by atoms with Crippen molar-refractivity contribution in [3.05, 3.63) is 71.6 Å². The van der Waals surface area contributed by atoms with Gasteiger partial charge in [-0.1, -0.05) is 35.5 Å². The van der Waals surface area contributed by atoms with Crippen molar-refractivity contribution in [2.24, 2.45) is 0 Å². The first-order valence-electron chi connectivity index (χ1n) is 11.8. The van der Waals surface area contributed by atoms with Crippen LogP contribution in [0, 0.1) is 0 Å². The number of hydrogen-bond donors (Lipinski definition) is 1. The molecule has 35 heavy (non-hydrogen) atoms. The van der Waals surface area contributed by atoms with Crippen LogP contribution in [0.3, 0.4) is 0 Å². The van der Waals surface area contributed by atoms with Crippen LogP contribution in [-0.4, -0.2) is 63.0 Å². The molecule has 0 saturated carbocycles. The number of anilines is 2. The Labute approximate surface area is 203 Å². The molecular formula is C26H28N4O5. The number of amides is 2. The van der Waals surface area contributed by atoms with Crippen molar-refractivity contribution in [1.82, 2.24) is 10.5 Å². The van der Waals surface area contributed by atoms with Gasteiger partial charge in [0.2, 0.25) is 0 Å². The number of carbonyl (C=O) groups excluding carboxylic acids is 2. The lowest BCUT2D eigenvalue weighted by Gasteiger charge is -2.25. The van der Waals surface area contributed by atoms with Gasteiger partial charge >= 0.3 is 0 Å². The van der Waals surface area contributed by atoms with E-state index < -0.39 is 11.9 Å². The second-order valence-corrected chi connectivity index (χ2v) is 8.68. The number of benzene rings is 2. The molecule has 1 atom stereocenters. The van der Waals surface area contributed by atoms with E-state index in [4.69, 9.17) is 14.0 Å². The molecule has 9 heteroatoms. The fourth-order valence-corrected chi connectivity index (χ4v) is 4.32. The molecular weight excluding hydrogens is 448 g/mol. The molecule has 9 nitrogen and oxygen atoms in total. The molecule has 3 aromatic rings. The summed E-state index contributed by atoms with van der Waals surface area (Å²) in [5.74, 6) is 0.417. The van der Waals surface area contributed by atoms with Gasteiger partial charge < -0.3 is 29.1 Å². The third-order valence-electron chi connectivity index (χ3n) is 6.24. The Balaban J connectivity index is 1.27. The molecule has 1 N–H and O–H groups in total. The number of ether oxygens (including phenoxy) is 2. The highest BCUT2D eigenvalue weighted by Crippen LogP contribution is 2.35. The van der Waals surface area contributed by atoms with Crippen LogP contribution in [0.4, 0.5) is 11.4 Å². The van der Waals surface area contributed by atoms with Crippen molar-refractivity contribution in [2.45, 2.75) is 18.9 Å². The zero-order valence-electron chi connectivity index (χ0n) is 19.6. The lowest BCUT2D eigenvalue weighted by molar-refractivity contribution is -0.120. The van der Waals surface area contributed by atoms with E-state index in [0.717, 1.165) is 37.4 Å². The molecule has 182 valence electrons. The average Bonchev–Trinajstić information content (AvgIpc) is 3.12. The first-order chi connectivity index (χ1) is 17.1. The summed E-state index contributed by atoms with van der Waals surface area (Å²) in [4.78, 5) is 29.8. The number of hydrogen-bond acceptors (Lipinski definition) is 7. The van der Waals surface area contributed by atoms with E-state index in [1.165, 1.54) is 4.90 Å². The average molecular weight is 477 g/mol. The Bertz CT molecular complexity index is 1190. The Morgan fingerprint density at radius 2 is 1.97 bits per heavy atom. The number of rotatable bonds is 5. The maximum absolute atomic E-state index is 13.2. The molecule has 0 bridgehead atoms. The minimum absolute atomic E-state index is 0.0214. The highest BCUT2D eigenvalue weighted by molar-refractivity contribution is 6.03. The largest absolute Gasteiger partial charge is 0.489 e. The lowest BCUT2D eigenvalue weighted by atomic mass is 10.1. The lowest BCUT2D eigenvalue weighted by Crippen LogP contribution is -2.49. The van der Waals surface area contributed by atoms with Gasteiger partial charge in [-0.05, 0) is 30.2 Å². The minimum Gasteiger partial charge on any atom is -0.489 e. The van der Waals surface area contributed by atoms with E-state index in [2.05, 4.69) is 15.4 Å². The first kappa shape index (κ1) is 22.9. The highest BCUT2D eigenvalue weighted by Gasteiger charge is 2.32. The molecule has 1 saturated heterocycles. The van der Waals surface area contributed by atoms with Crippen molar-refractivity contribution in [3.8, 4) is 5.75 Å². The molecule has 2 aliphatic heterocycles. The van der Waals surface area contributed by atoms with Crippen LogP contribution in [0.15, 0.2) is 59.1 Å². The Morgan fingerprint density at radius 1 is 1.11 bits per heavy atom. The molecule has 2 aliphatic rings. The summed E-state index contributed by atoms with van der Waals surface area (Å²) in [6, 6.07) is 16.3. The fraction of sp³-hybridized carbons (Fsp3) is 0.346. The summed E-state index contributed by atoms with van der Waals surface area (Å²) in [6.07, 6.45) is 1.47. The fourth-order valence-electron chi connectivity index (χ4n) is 4.32. The highest BCUT2D eigenvalue weighted by atomic mass is 16.5. The number of aromatic nitrogens is 1. The molecule has 1 fully saturated rings. The molecule has 2 aromatic carbocycles. The van der Waals surface area contributed by atoms with Gasteiger partial charge in [0.25, 0.3) is 11.8 Å². The van der Waals surface area contributed by atoms with E-state index in [9.17, 15) is 9.59 Å². The number of carbonyl (C=O) groups is 2. The van der Waals surface area contributed by atoms with Crippen LogP contribution >= 0.6 is 0 Å². The van der Waals surface area contributed by atoms with E-state index in [-0.39, 0.29) is 18.2 Å². The van der Waals surface area contributed by atoms with Crippen molar-refractivity contribution in [2.75, 3.05) is 49.8 Å². The van der Waals surface area contributed by atoms with Crippen LogP contribution in [0.5, 0.6) is 5.75 Å². The molecule has 1 unspecified atom stereocenters. The molecule has 0 spiro atoms. The Hall–Kier alpha value is -3.85. The summed E-state index contributed by atoms with van der Waals surface area (Å²) in [5.41, 5.74) is 2.85. The molecule has 2 amide bonds. The summed E-state index contributed by atoms with van der Waals surface area (Å²) < 4.78 is 16.8. The third kappa shape index (κ3) is 5.14. The van der Waals surface area contributed by atoms with Gasteiger partial charge in [0.1, 0.15) is 24.2 Å². The maximum Gasteiger partial charge on any atom is 0.274 e.